The largest absolute Gasteiger partial charge is 0.479 e. The molecule has 1 unspecified atom stereocenters. The van der Waals surface area contributed by atoms with Crippen molar-refractivity contribution in [3.8, 4) is 0 Å². The molecule has 2 heterocycles. The third kappa shape index (κ3) is 3.09. The Morgan fingerprint density at radius 3 is 2.95 bits per heavy atom. The number of amides is 1. The minimum atomic E-state index is -1.13. The molecule has 20 heavy (non-hydrogen) atoms. The molecule has 0 radical (unpaired) electrons. The first-order chi connectivity index (χ1) is 9.47. The van der Waals surface area contributed by atoms with E-state index in [1.807, 2.05) is 0 Å². The summed E-state index contributed by atoms with van der Waals surface area (Å²) in [6, 6.07) is 0. The van der Waals surface area contributed by atoms with Crippen molar-refractivity contribution in [3.63, 3.8) is 0 Å². The Kier molecular flexibility index (Phi) is 3.94. The van der Waals surface area contributed by atoms with Crippen LogP contribution in [0.4, 0.5) is 5.69 Å². The van der Waals surface area contributed by atoms with Gasteiger partial charge in [-0.15, -0.1) is 0 Å². The fourth-order valence-corrected chi connectivity index (χ4v) is 1.80. The maximum Gasteiger partial charge on any atom is 0.334 e. The van der Waals surface area contributed by atoms with E-state index in [9.17, 15) is 19.7 Å². The zero-order valence-corrected chi connectivity index (χ0v) is 10.3. The lowest BCUT2D eigenvalue weighted by Crippen LogP contribution is -2.49. The first kappa shape index (κ1) is 13.9. The molecule has 0 bridgehead atoms. The van der Waals surface area contributed by atoms with E-state index in [2.05, 4.69) is 5.10 Å². The van der Waals surface area contributed by atoms with Gasteiger partial charge in [-0.2, -0.15) is 5.10 Å². The predicted molar refractivity (Wildman–Crippen MR) is 62.8 cm³/mol. The number of ether oxygens (including phenoxy) is 1. The van der Waals surface area contributed by atoms with Crippen molar-refractivity contribution >= 4 is 17.6 Å². The number of carbonyl (C=O) groups excluding carboxylic acids is 1. The predicted octanol–water partition coefficient (Wildman–Crippen LogP) is -0.897. The molecule has 10 nitrogen and oxygen atoms in total. The van der Waals surface area contributed by atoms with Gasteiger partial charge in [-0.3, -0.25) is 19.6 Å². The number of hydrogen-bond donors (Lipinski definition) is 1. The van der Waals surface area contributed by atoms with E-state index in [1.54, 1.807) is 0 Å². The molecule has 108 valence electrons. The van der Waals surface area contributed by atoms with Gasteiger partial charge in [0.25, 0.3) is 0 Å². The Balaban J connectivity index is 1.96. The molecule has 1 aromatic heterocycles. The van der Waals surface area contributed by atoms with Crippen molar-refractivity contribution in [1.82, 2.24) is 14.7 Å². The van der Waals surface area contributed by atoms with Crippen LogP contribution in [0.1, 0.15) is 0 Å². The van der Waals surface area contributed by atoms with E-state index in [0.717, 1.165) is 17.1 Å². The van der Waals surface area contributed by atoms with Crippen molar-refractivity contribution in [2.45, 2.75) is 12.6 Å². The van der Waals surface area contributed by atoms with Crippen molar-refractivity contribution in [3.05, 3.63) is 22.5 Å². The van der Waals surface area contributed by atoms with E-state index in [1.165, 1.54) is 4.90 Å². The Morgan fingerprint density at radius 2 is 2.35 bits per heavy atom. The van der Waals surface area contributed by atoms with Crippen LogP contribution in [0.25, 0.3) is 0 Å². The number of carboxylic acids is 1. The number of aliphatic carboxylic acids is 1. The molecule has 1 saturated heterocycles. The second-order valence-electron chi connectivity index (χ2n) is 4.19. The van der Waals surface area contributed by atoms with Crippen LogP contribution in [-0.4, -0.2) is 62.4 Å². The van der Waals surface area contributed by atoms with Crippen LogP contribution in [-0.2, 0) is 20.9 Å². The van der Waals surface area contributed by atoms with Crippen molar-refractivity contribution in [2.24, 2.45) is 0 Å². The number of carbonyl (C=O) groups is 2. The van der Waals surface area contributed by atoms with E-state index in [-0.39, 0.29) is 37.8 Å². The Labute approximate surface area is 112 Å². The number of nitro groups is 1. The van der Waals surface area contributed by atoms with Gasteiger partial charge in [0.15, 0.2) is 6.10 Å². The summed E-state index contributed by atoms with van der Waals surface area (Å²) in [4.78, 5) is 34.0. The fourth-order valence-electron chi connectivity index (χ4n) is 1.80. The Bertz CT molecular complexity index is 542. The summed E-state index contributed by atoms with van der Waals surface area (Å²) in [5.74, 6) is -1.49. The standard InChI is InChI=1S/C10H12N4O6/c15-9(6-13-4-7(3-11-13)14(18)19)12-1-2-20-8(5-12)10(16)17/h3-4,8H,1-2,5-6H2,(H,16,17). The third-order valence-corrected chi connectivity index (χ3v) is 2.82. The van der Waals surface area contributed by atoms with Crippen LogP contribution in [0, 0.1) is 10.1 Å². The highest BCUT2D eigenvalue weighted by atomic mass is 16.6. The van der Waals surface area contributed by atoms with Crippen LogP contribution in [0.5, 0.6) is 0 Å². The lowest BCUT2D eigenvalue weighted by atomic mass is 10.2. The fraction of sp³-hybridized carbons (Fsp3) is 0.500. The average Bonchev–Trinajstić information content (AvgIpc) is 2.87. The minimum Gasteiger partial charge on any atom is -0.479 e. The van der Waals surface area contributed by atoms with Crippen LogP contribution in [0.2, 0.25) is 0 Å². The summed E-state index contributed by atoms with van der Waals surface area (Å²) in [6.07, 6.45) is 1.15. The van der Waals surface area contributed by atoms with E-state index in [0.29, 0.717) is 0 Å². The highest BCUT2D eigenvalue weighted by Gasteiger charge is 2.29. The molecule has 0 saturated carbocycles. The van der Waals surface area contributed by atoms with Gasteiger partial charge >= 0.3 is 11.7 Å². The number of rotatable bonds is 4. The molecule has 1 aliphatic heterocycles. The Hall–Kier alpha value is -2.49. The molecular weight excluding hydrogens is 272 g/mol. The van der Waals surface area contributed by atoms with Gasteiger partial charge in [0, 0.05) is 6.54 Å². The van der Waals surface area contributed by atoms with E-state index in [4.69, 9.17) is 9.84 Å². The van der Waals surface area contributed by atoms with Crippen LogP contribution >= 0.6 is 0 Å². The summed E-state index contributed by atoms with van der Waals surface area (Å²) >= 11 is 0. The smallest absolute Gasteiger partial charge is 0.334 e. The second-order valence-corrected chi connectivity index (χ2v) is 4.19. The minimum absolute atomic E-state index is 0.0441. The molecule has 0 aliphatic carbocycles. The summed E-state index contributed by atoms with van der Waals surface area (Å²) in [5, 5.41) is 23.0. The molecule has 1 fully saturated rings. The molecule has 1 aromatic rings. The van der Waals surface area contributed by atoms with Gasteiger partial charge < -0.3 is 14.7 Å². The normalized spacial score (nSPS) is 18.8. The molecule has 10 heteroatoms. The first-order valence-corrected chi connectivity index (χ1v) is 5.76. The third-order valence-electron chi connectivity index (χ3n) is 2.82. The quantitative estimate of drug-likeness (QED) is 0.560. The molecular formula is C10H12N4O6. The molecule has 0 spiro atoms. The zero-order chi connectivity index (χ0) is 14.7. The van der Waals surface area contributed by atoms with Crippen molar-refractivity contribution < 1.29 is 24.4 Å². The van der Waals surface area contributed by atoms with Crippen molar-refractivity contribution in [2.75, 3.05) is 19.7 Å². The number of morpholine rings is 1. The molecule has 1 atom stereocenters. The van der Waals surface area contributed by atoms with Gasteiger partial charge in [0.1, 0.15) is 18.9 Å². The lowest BCUT2D eigenvalue weighted by Gasteiger charge is -2.30. The van der Waals surface area contributed by atoms with Gasteiger partial charge in [0.05, 0.1) is 18.1 Å². The summed E-state index contributed by atoms with van der Waals surface area (Å²) in [6.45, 7) is 0.200. The van der Waals surface area contributed by atoms with Crippen LogP contribution in [0.15, 0.2) is 12.4 Å². The number of hydrogen-bond acceptors (Lipinski definition) is 6. The van der Waals surface area contributed by atoms with Crippen LogP contribution in [0.3, 0.4) is 0 Å². The van der Waals surface area contributed by atoms with E-state index < -0.39 is 17.0 Å². The Morgan fingerprint density at radius 1 is 1.60 bits per heavy atom. The van der Waals surface area contributed by atoms with Crippen molar-refractivity contribution in [1.29, 1.82) is 0 Å². The maximum absolute atomic E-state index is 12.0. The number of aromatic nitrogens is 2. The SMILES string of the molecule is O=C(O)C1CN(C(=O)Cn2cc([N+](=O)[O-])cn2)CCO1. The van der Waals surface area contributed by atoms with Gasteiger partial charge in [-0.05, 0) is 0 Å². The molecule has 0 aromatic carbocycles. The topological polar surface area (TPSA) is 128 Å². The molecule has 1 amide bonds. The first-order valence-electron chi connectivity index (χ1n) is 5.76. The highest BCUT2D eigenvalue weighted by molar-refractivity contribution is 5.78. The summed E-state index contributed by atoms with van der Waals surface area (Å²) in [7, 11) is 0. The van der Waals surface area contributed by atoms with Gasteiger partial charge in [0.2, 0.25) is 5.91 Å². The highest BCUT2D eigenvalue weighted by Crippen LogP contribution is 2.10. The van der Waals surface area contributed by atoms with Gasteiger partial charge in [-0.25, -0.2) is 4.79 Å². The second kappa shape index (κ2) is 5.65. The number of carboxylic acid groups (broad SMARTS) is 1. The molecule has 1 aliphatic rings. The summed E-state index contributed by atoms with van der Waals surface area (Å²) < 4.78 is 6.14. The number of nitrogens with zero attached hydrogens (tertiary/aromatic N) is 4. The average molecular weight is 284 g/mol. The maximum atomic E-state index is 12.0. The monoisotopic (exact) mass is 284 g/mol. The summed E-state index contributed by atoms with van der Waals surface area (Å²) in [5.41, 5.74) is -0.205. The van der Waals surface area contributed by atoms with E-state index >= 15 is 0 Å². The molecule has 1 N–H and O–H groups in total. The van der Waals surface area contributed by atoms with Crippen LogP contribution < -0.4 is 0 Å². The van der Waals surface area contributed by atoms with Gasteiger partial charge in [-0.1, -0.05) is 0 Å². The lowest BCUT2D eigenvalue weighted by molar-refractivity contribution is -0.385. The molecule has 2 rings (SSSR count). The zero-order valence-electron chi connectivity index (χ0n) is 10.3.